The molecule has 0 radical (unpaired) electrons. The van der Waals surface area contributed by atoms with Crippen LogP contribution in [0, 0.1) is 0 Å². The predicted molar refractivity (Wildman–Crippen MR) is 126 cm³/mol. The van der Waals surface area contributed by atoms with Crippen molar-refractivity contribution in [2.24, 2.45) is 0 Å². The molecule has 0 saturated carbocycles. The highest BCUT2D eigenvalue weighted by molar-refractivity contribution is 6.03. The van der Waals surface area contributed by atoms with Gasteiger partial charge in [0.15, 0.2) is 0 Å². The molecular weight excluding hydrogens is 350 g/mol. The van der Waals surface area contributed by atoms with Gasteiger partial charge in [-0.05, 0) is 48.4 Å². The molecule has 1 nitrogen and oxygen atoms in total. The molecule has 0 bridgehead atoms. The molecule has 140 valence electrons. The number of nitrogens with zero attached hydrogens (tertiary/aromatic N) is 1. The molecule has 1 aliphatic carbocycles. The Morgan fingerprint density at radius 3 is 1.79 bits per heavy atom. The van der Waals surface area contributed by atoms with E-state index in [0.717, 1.165) is 6.42 Å². The van der Waals surface area contributed by atoms with Gasteiger partial charge in [0, 0.05) is 16.5 Å². The van der Waals surface area contributed by atoms with E-state index in [0.29, 0.717) is 0 Å². The molecule has 0 aliphatic heterocycles. The van der Waals surface area contributed by atoms with E-state index in [1.807, 2.05) is 0 Å². The highest BCUT2D eigenvalue weighted by Gasteiger charge is 2.18. The molecular formula is C28H23N. The first-order valence-corrected chi connectivity index (χ1v) is 10.1. The standard InChI is InChI=1S/C28H23N/c1-21-9-6-14-24(20-19-21)29(27-17-7-12-22-10-2-4-15-25(22)27)28-18-8-13-23-11-3-5-16-26(23)28/h2-8,10-20H,9H2,1H3. The van der Waals surface area contributed by atoms with Gasteiger partial charge in [-0.3, -0.25) is 0 Å². The van der Waals surface area contributed by atoms with Gasteiger partial charge < -0.3 is 4.90 Å². The second-order valence-corrected chi connectivity index (χ2v) is 7.54. The number of fused-ring (bicyclic) bond motifs is 2. The van der Waals surface area contributed by atoms with Crippen LogP contribution in [0.25, 0.3) is 21.5 Å². The van der Waals surface area contributed by atoms with Crippen LogP contribution < -0.4 is 4.90 Å². The first-order valence-electron chi connectivity index (χ1n) is 10.1. The Morgan fingerprint density at radius 1 is 0.621 bits per heavy atom. The van der Waals surface area contributed by atoms with Gasteiger partial charge in [-0.25, -0.2) is 0 Å². The zero-order valence-electron chi connectivity index (χ0n) is 16.5. The quantitative estimate of drug-likeness (QED) is 0.352. The number of rotatable bonds is 3. The number of allylic oxidation sites excluding steroid dienone is 5. The summed E-state index contributed by atoms with van der Waals surface area (Å²) in [4.78, 5) is 2.40. The minimum Gasteiger partial charge on any atom is -0.309 e. The molecule has 0 aromatic heterocycles. The first-order chi connectivity index (χ1) is 14.3. The van der Waals surface area contributed by atoms with Gasteiger partial charge in [-0.1, -0.05) is 90.5 Å². The van der Waals surface area contributed by atoms with Crippen molar-refractivity contribution in [3.05, 3.63) is 121 Å². The maximum atomic E-state index is 2.40. The third-order valence-corrected chi connectivity index (χ3v) is 5.54. The fourth-order valence-corrected chi connectivity index (χ4v) is 4.08. The monoisotopic (exact) mass is 373 g/mol. The van der Waals surface area contributed by atoms with Crippen LogP contribution >= 0.6 is 0 Å². The van der Waals surface area contributed by atoms with Crippen molar-refractivity contribution in [1.82, 2.24) is 0 Å². The van der Waals surface area contributed by atoms with Crippen LogP contribution in [0.4, 0.5) is 11.4 Å². The third-order valence-electron chi connectivity index (χ3n) is 5.54. The van der Waals surface area contributed by atoms with Crippen LogP contribution in [0.15, 0.2) is 121 Å². The normalized spacial score (nSPS) is 13.8. The van der Waals surface area contributed by atoms with Crippen LogP contribution in [-0.4, -0.2) is 0 Å². The summed E-state index contributed by atoms with van der Waals surface area (Å²) in [5, 5.41) is 5.00. The van der Waals surface area contributed by atoms with Crippen LogP contribution in [-0.2, 0) is 0 Å². The number of benzene rings is 4. The van der Waals surface area contributed by atoms with Crippen molar-refractivity contribution in [2.75, 3.05) is 4.90 Å². The van der Waals surface area contributed by atoms with E-state index < -0.39 is 0 Å². The molecule has 4 aromatic rings. The maximum absolute atomic E-state index is 2.40. The Morgan fingerprint density at radius 2 is 1.17 bits per heavy atom. The predicted octanol–water partition coefficient (Wildman–Crippen LogP) is 7.92. The molecule has 0 amide bonds. The summed E-state index contributed by atoms with van der Waals surface area (Å²) in [6.07, 6.45) is 9.96. The largest absolute Gasteiger partial charge is 0.309 e. The van der Waals surface area contributed by atoms with Crippen molar-refractivity contribution < 1.29 is 0 Å². The summed E-state index contributed by atoms with van der Waals surface area (Å²) >= 11 is 0. The topological polar surface area (TPSA) is 3.24 Å². The van der Waals surface area contributed by atoms with Crippen molar-refractivity contribution in [3.8, 4) is 0 Å². The van der Waals surface area contributed by atoms with Crippen LogP contribution in [0.2, 0.25) is 0 Å². The first kappa shape index (κ1) is 17.5. The lowest BCUT2D eigenvalue weighted by Gasteiger charge is -2.28. The highest BCUT2D eigenvalue weighted by atomic mass is 15.1. The number of hydrogen-bond donors (Lipinski definition) is 0. The fraction of sp³-hybridized carbons (Fsp3) is 0.0714. The Hall–Kier alpha value is -3.58. The Kier molecular flexibility index (Phi) is 4.50. The smallest absolute Gasteiger partial charge is 0.0540 e. The zero-order chi connectivity index (χ0) is 19.6. The minimum absolute atomic E-state index is 0.985. The fourth-order valence-electron chi connectivity index (χ4n) is 4.08. The molecule has 4 aromatic carbocycles. The Labute approximate surface area is 171 Å². The molecule has 29 heavy (non-hydrogen) atoms. The van der Waals surface area contributed by atoms with E-state index in [9.17, 15) is 0 Å². The van der Waals surface area contributed by atoms with E-state index in [-0.39, 0.29) is 0 Å². The molecule has 0 atom stereocenters. The number of hydrogen-bond acceptors (Lipinski definition) is 1. The molecule has 0 heterocycles. The summed E-state index contributed by atoms with van der Waals surface area (Å²) in [5.74, 6) is 0. The summed E-state index contributed by atoms with van der Waals surface area (Å²) in [5.41, 5.74) is 4.94. The van der Waals surface area contributed by atoms with Gasteiger partial charge in [-0.15, -0.1) is 0 Å². The lowest BCUT2D eigenvalue weighted by atomic mass is 10.0. The summed E-state index contributed by atoms with van der Waals surface area (Å²) in [6.45, 7) is 2.18. The van der Waals surface area contributed by atoms with Crippen molar-refractivity contribution in [2.45, 2.75) is 13.3 Å². The van der Waals surface area contributed by atoms with E-state index in [1.165, 1.54) is 44.2 Å². The second kappa shape index (κ2) is 7.44. The second-order valence-electron chi connectivity index (χ2n) is 7.54. The third kappa shape index (κ3) is 3.25. The van der Waals surface area contributed by atoms with Gasteiger partial charge in [0.1, 0.15) is 0 Å². The molecule has 0 fully saturated rings. The minimum atomic E-state index is 0.985. The summed E-state index contributed by atoms with van der Waals surface area (Å²) in [7, 11) is 0. The maximum Gasteiger partial charge on any atom is 0.0540 e. The van der Waals surface area contributed by atoms with Gasteiger partial charge in [-0.2, -0.15) is 0 Å². The zero-order valence-corrected chi connectivity index (χ0v) is 16.5. The molecule has 5 rings (SSSR count). The summed E-state index contributed by atoms with van der Waals surface area (Å²) in [6, 6.07) is 30.3. The van der Waals surface area contributed by atoms with Gasteiger partial charge >= 0.3 is 0 Å². The Bertz CT molecular complexity index is 1200. The van der Waals surface area contributed by atoms with Gasteiger partial charge in [0.2, 0.25) is 0 Å². The SMILES string of the molecule is CC1=CC=C(N(c2cccc3ccccc23)c2cccc3ccccc23)C=CC1. The van der Waals surface area contributed by atoms with E-state index in [2.05, 4.69) is 121 Å². The molecule has 0 unspecified atom stereocenters. The molecule has 1 heteroatoms. The van der Waals surface area contributed by atoms with Crippen molar-refractivity contribution in [1.29, 1.82) is 0 Å². The van der Waals surface area contributed by atoms with E-state index in [4.69, 9.17) is 0 Å². The lowest BCUT2D eigenvalue weighted by molar-refractivity contribution is 1.21. The van der Waals surface area contributed by atoms with Crippen LogP contribution in [0.3, 0.4) is 0 Å². The average molecular weight is 373 g/mol. The van der Waals surface area contributed by atoms with Gasteiger partial charge in [0.05, 0.1) is 11.4 Å². The van der Waals surface area contributed by atoms with Gasteiger partial charge in [0.25, 0.3) is 0 Å². The molecule has 0 saturated heterocycles. The average Bonchev–Trinajstić information content (AvgIpc) is 2.99. The van der Waals surface area contributed by atoms with Crippen molar-refractivity contribution in [3.63, 3.8) is 0 Å². The summed E-state index contributed by atoms with van der Waals surface area (Å²) < 4.78 is 0. The van der Waals surface area contributed by atoms with Crippen LogP contribution in [0.5, 0.6) is 0 Å². The van der Waals surface area contributed by atoms with E-state index >= 15 is 0 Å². The van der Waals surface area contributed by atoms with E-state index in [1.54, 1.807) is 0 Å². The van der Waals surface area contributed by atoms with Crippen molar-refractivity contribution >= 4 is 32.9 Å². The Balaban J connectivity index is 1.83. The molecule has 0 spiro atoms. The molecule has 0 N–H and O–H groups in total. The molecule has 1 aliphatic rings. The number of anilines is 2. The van der Waals surface area contributed by atoms with Crippen LogP contribution in [0.1, 0.15) is 13.3 Å². The lowest BCUT2D eigenvalue weighted by Crippen LogP contribution is -2.16. The highest BCUT2D eigenvalue weighted by Crippen LogP contribution is 2.39.